The largest absolute Gasteiger partial charge is 0.495 e. The van der Waals surface area contributed by atoms with E-state index in [1.807, 2.05) is 0 Å². The number of hydrogen-bond acceptors (Lipinski definition) is 4. The molecule has 0 spiro atoms. The van der Waals surface area contributed by atoms with E-state index in [2.05, 4.69) is 10.6 Å². The Labute approximate surface area is 151 Å². The quantitative estimate of drug-likeness (QED) is 0.706. The minimum absolute atomic E-state index is 0.188. The Kier molecular flexibility index (Phi) is 6.96. The van der Waals surface area contributed by atoms with Crippen LogP contribution >= 0.6 is 0 Å². The lowest BCUT2D eigenvalue weighted by Crippen LogP contribution is -2.13. The topological polar surface area (TPSA) is 76.7 Å². The molecule has 0 saturated carbocycles. The lowest BCUT2D eigenvalue weighted by molar-refractivity contribution is -0.116. The van der Waals surface area contributed by atoms with E-state index in [1.54, 1.807) is 30.3 Å². The van der Waals surface area contributed by atoms with Gasteiger partial charge in [-0.3, -0.25) is 9.59 Å². The van der Waals surface area contributed by atoms with Crippen LogP contribution in [0.2, 0.25) is 0 Å². The van der Waals surface area contributed by atoms with Gasteiger partial charge in [0.2, 0.25) is 11.8 Å². The van der Waals surface area contributed by atoms with Gasteiger partial charge in [0.25, 0.3) is 0 Å². The van der Waals surface area contributed by atoms with Crippen molar-refractivity contribution in [2.75, 3.05) is 24.4 Å². The fraction of sp³-hybridized carbons (Fsp3) is 0.263. The highest BCUT2D eigenvalue weighted by Crippen LogP contribution is 2.27. The molecule has 6 nitrogen and oxygen atoms in total. The number of methoxy groups -OCH3 is 1. The molecule has 2 aromatic rings. The zero-order chi connectivity index (χ0) is 18.9. The van der Waals surface area contributed by atoms with Gasteiger partial charge < -0.3 is 20.1 Å². The van der Waals surface area contributed by atoms with Crippen molar-refractivity contribution in [3.8, 4) is 11.5 Å². The van der Waals surface area contributed by atoms with Crippen LogP contribution in [0.1, 0.15) is 19.8 Å². The fourth-order valence-electron chi connectivity index (χ4n) is 2.28. The molecule has 2 N–H and O–H groups in total. The highest BCUT2D eigenvalue weighted by atomic mass is 19.1. The summed E-state index contributed by atoms with van der Waals surface area (Å²) >= 11 is 0. The zero-order valence-electron chi connectivity index (χ0n) is 14.7. The van der Waals surface area contributed by atoms with Crippen molar-refractivity contribution in [3.63, 3.8) is 0 Å². The molecule has 2 amide bonds. The number of halogens is 1. The average Bonchev–Trinajstić information content (AvgIpc) is 2.58. The van der Waals surface area contributed by atoms with E-state index < -0.39 is 0 Å². The summed E-state index contributed by atoms with van der Waals surface area (Å²) in [6.45, 7) is 1.69. The van der Waals surface area contributed by atoms with E-state index in [1.165, 1.54) is 26.2 Å². The standard InChI is InChI=1S/C19H21FN2O4/c1-13(23)21-17-12-15(8-9-18(17)25-2)22-19(24)7-4-10-26-16-6-3-5-14(20)11-16/h3,5-6,8-9,11-12H,4,7,10H2,1-2H3,(H,21,23)(H,22,24). The molecular formula is C19H21FN2O4. The maximum Gasteiger partial charge on any atom is 0.224 e. The Bertz CT molecular complexity index is 780. The number of hydrogen-bond donors (Lipinski definition) is 2. The van der Waals surface area contributed by atoms with Gasteiger partial charge in [-0.15, -0.1) is 0 Å². The molecule has 0 aliphatic carbocycles. The van der Waals surface area contributed by atoms with Gasteiger partial charge in [0.05, 0.1) is 19.4 Å². The first-order valence-electron chi connectivity index (χ1n) is 8.12. The molecule has 0 fully saturated rings. The summed E-state index contributed by atoms with van der Waals surface area (Å²) in [5.41, 5.74) is 1.03. The number of rotatable bonds is 8. The Balaban J connectivity index is 1.82. The van der Waals surface area contributed by atoms with Crippen molar-refractivity contribution < 1.29 is 23.5 Å². The molecule has 26 heavy (non-hydrogen) atoms. The summed E-state index contributed by atoms with van der Waals surface area (Å²) in [6.07, 6.45) is 0.730. The third kappa shape index (κ3) is 6.08. The number of nitrogens with one attached hydrogen (secondary N) is 2. The van der Waals surface area contributed by atoms with Gasteiger partial charge in [0.1, 0.15) is 17.3 Å². The summed E-state index contributed by atoms with van der Waals surface area (Å²) in [6, 6.07) is 10.8. The molecule has 0 unspecified atom stereocenters. The van der Waals surface area contributed by atoms with Crippen LogP contribution < -0.4 is 20.1 Å². The first kappa shape index (κ1) is 19.2. The molecule has 0 aliphatic rings. The predicted molar refractivity (Wildman–Crippen MR) is 97.1 cm³/mol. The van der Waals surface area contributed by atoms with Crippen LogP contribution in [-0.4, -0.2) is 25.5 Å². The van der Waals surface area contributed by atoms with Crippen molar-refractivity contribution in [1.29, 1.82) is 0 Å². The molecule has 7 heteroatoms. The minimum atomic E-state index is -0.366. The van der Waals surface area contributed by atoms with Gasteiger partial charge in [-0.05, 0) is 36.8 Å². The summed E-state index contributed by atoms with van der Waals surface area (Å²) in [4.78, 5) is 23.3. The van der Waals surface area contributed by atoms with Gasteiger partial charge in [0, 0.05) is 25.1 Å². The maximum atomic E-state index is 13.0. The Hall–Kier alpha value is -3.09. The van der Waals surface area contributed by atoms with Crippen LogP contribution in [0.4, 0.5) is 15.8 Å². The Morgan fingerprint density at radius 2 is 1.92 bits per heavy atom. The van der Waals surface area contributed by atoms with Gasteiger partial charge in [0.15, 0.2) is 0 Å². The third-order valence-corrected chi connectivity index (χ3v) is 3.41. The molecule has 2 aromatic carbocycles. The molecule has 0 aromatic heterocycles. The maximum absolute atomic E-state index is 13.0. The van der Waals surface area contributed by atoms with Gasteiger partial charge in [-0.2, -0.15) is 0 Å². The molecule has 2 rings (SSSR count). The predicted octanol–water partition coefficient (Wildman–Crippen LogP) is 3.59. The summed E-state index contributed by atoms with van der Waals surface area (Å²) in [7, 11) is 1.50. The van der Waals surface area contributed by atoms with Crippen LogP contribution in [0, 0.1) is 5.82 Å². The number of ether oxygens (including phenoxy) is 2. The minimum Gasteiger partial charge on any atom is -0.495 e. The molecule has 138 valence electrons. The summed E-state index contributed by atoms with van der Waals surface area (Å²) in [5.74, 6) is 0.144. The Morgan fingerprint density at radius 1 is 1.12 bits per heavy atom. The highest BCUT2D eigenvalue weighted by Gasteiger charge is 2.08. The molecular weight excluding hydrogens is 339 g/mol. The first-order chi connectivity index (χ1) is 12.5. The highest BCUT2D eigenvalue weighted by molar-refractivity contribution is 5.94. The first-order valence-corrected chi connectivity index (χ1v) is 8.12. The van der Waals surface area contributed by atoms with Crippen LogP contribution in [0.25, 0.3) is 0 Å². The second-order valence-electron chi connectivity index (χ2n) is 5.55. The monoisotopic (exact) mass is 360 g/mol. The second kappa shape index (κ2) is 9.41. The number of carbonyl (C=O) groups is 2. The van der Waals surface area contributed by atoms with E-state index in [9.17, 15) is 14.0 Å². The normalized spacial score (nSPS) is 10.1. The van der Waals surface area contributed by atoms with Crippen molar-refractivity contribution >= 4 is 23.2 Å². The SMILES string of the molecule is COc1ccc(NC(=O)CCCOc2cccc(F)c2)cc1NC(C)=O. The number of carbonyl (C=O) groups excluding carboxylic acids is 2. The van der Waals surface area contributed by atoms with Crippen LogP contribution in [0.5, 0.6) is 11.5 Å². The zero-order valence-corrected chi connectivity index (χ0v) is 14.7. The fourth-order valence-corrected chi connectivity index (χ4v) is 2.28. The molecule has 0 aliphatic heterocycles. The molecule has 0 saturated heterocycles. The lowest BCUT2D eigenvalue weighted by atomic mass is 10.2. The average molecular weight is 360 g/mol. The van der Waals surface area contributed by atoms with E-state index in [0.717, 1.165) is 0 Å². The van der Waals surface area contributed by atoms with Crippen molar-refractivity contribution in [3.05, 3.63) is 48.3 Å². The summed E-state index contributed by atoms with van der Waals surface area (Å²) in [5, 5.41) is 5.40. The number of benzene rings is 2. The number of amides is 2. The molecule has 0 radical (unpaired) electrons. The third-order valence-electron chi connectivity index (χ3n) is 3.41. The van der Waals surface area contributed by atoms with E-state index in [0.29, 0.717) is 35.9 Å². The van der Waals surface area contributed by atoms with Crippen LogP contribution in [0.15, 0.2) is 42.5 Å². The van der Waals surface area contributed by atoms with Gasteiger partial charge in [-0.25, -0.2) is 4.39 Å². The van der Waals surface area contributed by atoms with Crippen molar-refractivity contribution in [2.45, 2.75) is 19.8 Å². The van der Waals surface area contributed by atoms with Crippen LogP contribution in [-0.2, 0) is 9.59 Å². The van der Waals surface area contributed by atoms with E-state index >= 15 is 0 Å². The van der Waals surface area contributed by atoms with E-state index in [4.69, 9.17) is 9.47 Å². The van der Waals surface area contributed by atoms with Crippen LogP contribution in [0.3, 0.4) is 0 Å². The number of anilines is 2. The van der Waals surface area contributed by atoms with E-state index in [-0.39, 0.29) is 24.1 Å². The molecule has 0 heterocycles. The molecule has 0 atom stereocenters. The molecule has 0 bridgehead atoms. The van der Waals surface area contributed by atoms with Gasteiger partial charge in [-0.1, -0.05) is 6.07 Å². The van der Waals surface area contributed by atoms with Crippen molar-refractivity contribution in [2.24, 2.45) is 0 Å². The Morgan fingerprint density at radius 3 is 2.62 bits per heavy atom. The lowest BCUT2D eigenvalue weighted by Gasteiger charge is -2.12. The smallest absolute Gasteiger partial charge is 0.224 e. The summed E-state index contributed by atoms with van der Waals surface area (Å²) < 4.78 is 23.6. The van der Waals surface area contributed by atoms with Gasteiger partial charge >= 0.3 is 0 Å². The second-order valence-corrected chi connectivity index (χ2v) is 5.55. The van der Waals surface area contributed by atoms with Crippen molar-refractivity contribution in [1.82, 2.24) is 0 Å².